The number of piperazine rings is 3. The molecular formula is C14H22N4O2. The molecule has 6 heteroatoms. The number of hydrogen-bond acceptors (Lipinski definition) is 6. The predicted molar refractivity (Wildman–Crippen MR) is 72.3 cm³/mol. The van der Waals surface area contributed by atoms with Gasteiger partial charge in [0.05, 0.1) is 18.1 Å². The highest BCUT2D eigenvalue weighted by molar-refractivity contribution is 5.04. The zero-order valence-electron chi connectivity index (χ0n) is 12.0. The summed E-state index contributed by atoms with van der Waals surface area (Å²) in [7, 11) is 1.79. The van der Waals surface area contributed by atoms with Gasteiger partial charge in [0.1, 0.15) is 0 Å². The summed E-state index contributed by atoms with van der Waals surface area (Å²) in [6.45, 7) is 5.63. The molecule has 0 N–H and O–H groups in total. The molecule has 1 unspecified atom stereocenters. The molecule has 4 fully saturated rings. The molecule has 6 nitrogen and oxygen atoms in total. The van der Waals surface area contributed by atoms with Crippen molar-refractivity contribution in [2.45, 2.75) is 37.3 Å². The van der Waals surface area contributed by atoms with E-state index >= 15 is 0 Å². The lowest BCUT2D eigenvalue weighted by Crippen LogP contribution is -2.57. The second kappa shape index (κ2) is 4.79. The Kier molecular flexibility index (Phi) is 3.05. The van der Waals surface area contributed by atoms with E-state index in [1.165, 1.54) is 19.5 Å². The van der Waals surface area contributed by atoms with E-state index in [2.05, 4.69) is 19.9 Å². The molecule has 1 atom stereocenters. The smallest absolute Gasteiger partial charge is 0.229 e. The zero-order chi connectivity index (χ0) is 13.6. The molecule has 0 spiro atoms. The Morgan fingerprint density at radius 2 is 2.10 bits per heavy atom. The Balaban J connectivity index is 1.48. The minimum atomic E-state index is -0.0425. The van der Waals surface area contributed by atoms with Gasteiger partial charge in [0.2, 0.25) is 5.89 Å². The predicted octanol–water partition coefficient (Wildman–Crippen LogP) is 0.853. The van der Waals surface area contributed by atoms with Crippen LogP contribution in [0.3, 0.4) is 0 Å². The Morgan fingerprint density at radius 3 is 2.65 bits per heavy atom. The summed E-state index contributed by atoms with van der Waals surface area (Å²) in [5.41, 5.74) is -0.0425. The number of ether oxygens (including phenoxy) is 1. The van der Waals surface area contributed by atoms with Gasteiger partial charge in [-0.15, -0.1) is 0 Å². The highest BCUT2D eigenvalue weighted by Gasteiger charge is 2.40. The van der Waals surface area contributed by atoms with Gasteiger partial charge in [-0.05, 0) is 19.3 Å². The van der Waals surface area contributed by atoms with Crippen LogP contribution in [0, 0.1) is 0 Å². The monoisotopic (exact) mass is 278 g/mol. The fourth-order valence-electron chi connectivity index (χ4n) is 3.64. The molecule has 3 saturated heterocycles. The fraction of sp³-hybridized carbons (Fsp3) is 0.857. The van der Waals surface area contributed by atoms with E-state index in [-0.39, 0.29) is 5.60 Å². The molecule has 5 rings (SSSR count). The van der Waals surface area contributed by atoms with Crippen LogP contribution < -0.4 is 0 Å². The lowest BCUT2D eigenvalue weighted by Gasteiger charge is -2.46. The standard InChI is InChI=1S/C14H22N4O2/c1-19-14(3-2-4-14)9-12-15-13(16-20-12)11-10-17-5-7-18(11)8-6-17/h11H,2-10H2,1H3. The van der Waals surface area contributed by atoms with Crippen molar-refractivity contribution < 1.29 is 9.26 Å². The van der Waals surface area contributed by atoms with E-state index in [1.54, 1.807) is 7.11 Å². The van der Waals surface area contributed by atoms with Gasteiger partial charge in [-0.2, -0.15) is 4.98 Å². The zero-order valence-corrected chi connectivity index (χ0v) is 12.0. The van der Waals surface area contributed by atoms with Crippen LogP contribution >= 0.6 is 0 Å². The number of fused-ring (bicyclic) bond motifs is 3. The van der Waals surface area contributed by atoms with Crippen molar-refractivity contribution >= 4 is 0 Å². The highest BCUT2D eigenvalue weighted by Crippen LogP contribution is 2.38. The Morgan fingerprint density at radius 1 is 1.30 bits per heavy atom. The molecule has 1 aromatic rings. The van der Waals surface area contributed by atoms with Crippen LogP contribution in [-0.2, 0) is 11.2 Å². The van der Waals surface area contributed by atoms with Crippen LogP contribution in [-0.4, -0.2) is 65.4 Å². The summed E-state index contributed by atoms with van der Waals surface area (Å²) in [6.07, 6.45) is 4.20. The van der Waals surface area contributed by atoms with Gasteiger partial charge in [-0.3, -0.25) is 9.80 Å². The van der Waals surface area contributed by atoms with Crippen LogP contribution in [0.5, 0.6) is 0 Å². The van der Waals surface area contributed by atoms with Crippen LogP contribution in [0.1, 0.15) is 37.0 Å². The molecule has 110 valence electrons. The molecule has 0 radical (unpaired) electrons. The lowest BCUT2D eigenvalue weighted by atomic mass is 9.77. The Bertz CT molecular complexity index is 472. The summed E-state index contributed by atoms with van der Waals surface area (Å²) in [5, 5.41) is 4.23. The van der Waals surface area contributed by atoms with Gasteiger partial charge >= 0.3 is 0 Å². The number of hydrogen-bond donors (Lipinski definition) is 0. The van der Waals surface area contributed by atoms with Gasteiger partial charge in [-0.25, -0.2) is 0 Å². The first-order valence-corrected chi connectivity index (χ1v) is 7.62. The van der Waals surface area contributed by atoms with Gasteiger partial charge < -0.3 is 9.26 Å². The van der Waals surface area contributed by atoms with Gasteiger partial charge in [0.15, 0.2) is 5.82 Å². The van der Waals surface area contributed by atoms with Crippen molar-refractivity contribution in [3.8, 4) is 0 Å². The molecular weight excluding hydrogens is 256 g/mol. The van der Waals surface area contributed by atoms with Crippen molar-refractivity contribution in [3.63, 3.8) is 0 Å². The molecule has 1 aromatic heterocycles. The number of rotatable bonds is 4. The molecule has 2 bridgehead atoms. The summed E-state index contributed by atoms with van der Waals surface area (Å²) < 4.78 is 11.1. The maximum atomic E-state index is 5.64. The molecule has 0 amide bonds. The van der Waals surface area contributed by atoms with Crippen molar-refractivity contribution in [3.05, 3.63) is 11.7 Å². The summed E-state index contributed by atoms with van der Waals surface area (Å²) in [6, 6.07) is 0.315. The minimum absolute atomic E-state index is 0.0425. The topological polar surface area (TPSA) is 54.6 Å². The van der Waals surface area contributed by atoms with Crippen molar-refractivity contribution in [1.82, 2.24) is 19.9 Å². The maximum absolute atomic E-state index is 5.64. The van der Waals surface area contributed by atoms with E-state index in [0.717, 1.165) is 50.6 Å². The average molecular weight is 278 g/mol. The molecule has 0 aromatic carbocycles. The molecule has 1 aliphatic carbocycles. The van der Waals surface area contributed by atoms with Crippen molar-refractivity contribution in [2.24, 2.45) is 0 Å². The van der Waals surface area contributed by atoms with Crippen LogP contribution in [0.4, 0.5) is 0 Å². The SMILES string of the molecule is COC1(Cc2nc(C3CN4CCN3CC4)no2)CCC1. The summed E-state index contributed by atoms with van der Waals surface area (Å²) >= 11 is 0. The first kappa shape index (κ1) is 12.7. The number of aromatic nitrogens is 2. The quantitative estimate of drug-likeness (QED) is 0.814. The van der Waals surface area contributed by atoms with Crippen LogP contribution in [0.15, 0.2) is 4.52 Å². The van der Waals surface area contributed by atoms with E-state index in [1.807, 2.05) is 0 Å². The first-order chi connectivity index (χ1) is 9.78. The van der Waals surface area contributed by atoms with Gasteiger partial charge in [-0.1, -0.05) is 5.16 Å². The molecule has 4 aliphatic rings. The Hall–Kier alpha value is -0.980. The third-order valence-electron chi connectivity index (χ3n) is 5.23. The summed E-state index contributed by atoms with van der Waals surface area (Å²) in [4.78, 5) is 9.61. The van der Waals surface area contributed by atoms with E-state index < -0.39 is 0 Å². The summed E-state index contributed by atoms with van der Waals surface area (Å²) in [5.74, 6) is 1.59. The average Bonchev–Trinajstić information content (AvgIpc) is 2.92. The van der Waals surface area contributed by atoms with Gasteiger partial charge in [0, 0.05) is 39.8 Å². The number of nitrogens with zero attached hydrogens (tertiary/aromatic N) is 4. The second-order valence-electron chi connectivity index (χ2n) is 6.32. The van der Waals surface area contributed by atoms with Crippen LogP contribution in [0.2, 0.25) is 0 Å². The Labute approximate surface area is 119 Å². The fourth-order valence-corrected chi connectivity index (χ4v) is 3.64. The molecule has 4 heterocycles. The molecule has 20 heavy (non-hydrogen) atoms. The normalized spacial score (nSPS) is 35.0. The number of methoxy groups -OCH3 is 1. The van der Waals surface area contributed by atoms with E-state index in [9.17, 15) is 0 Å². The lowest BCUT2D eigenvalue weighted by molar-refractivity contribution is -0.0751. The third-order valence-corrected chi connectivity index (χ3v) is 5.23. The third kappa shape index (κ3) is 2.06. The van der Waals surface area contributed by atoms with E-state index in [0.29, 0.717) is 6.04 Å². The second-order valence-corrected chi connectivity index (χ2v) is 6.32. The van der Waals surface area contributed by atoms with Crippen LogP contribution in [0.25, 0.3) is 0 Å². The molecule has 1 saturated carbocycles. The van der Waals surface area contributed by atoms with Crippen molar-refractivity contribution in [2.75, 3.05) is 39.8 Å². The van der Waals surface area contributed by atoms with E-state index in [4.69, 9.17) is 9.26 Å². The highest BCUT2D eigenvalue weighted by atomic mass is 16.5. The molecule has 3 aliphatic heterocycles. The first-order valence-electron chi connectivity index (χ1n) is 7.62. The maximum Gasteiger partial charge on any atom is 0.229 e. The minimum Gasteiger partial charge on any atom is -0.378 e. The van der Waals surface area contributed by atoms with Gasteiger partial charge in [0.25, 0.3) is 0 Å². The largest absolute Gasteiger partial charge is 0.378 e. The van der Waals surface area contributed by atoms with Crippen molar-refractivity contribution in [1.29, 1.82) is 0 Å².